The lowest BCUT2D eigenvalue weighted by Crippen LogP contribution is -2.41. The molecule has 0 atom stereocenters. The Morgan fingerprint density at radius 2 is 1.24 bits per heavy atom. The van der Waals surface area contributed by atoms with Crippen LogP contribution in [-0.4, -0.2) is 62.0 Å². The molecule has 0 unspecified atom stereocenters. The summed E-state index contributed by atoms with van der Waals surface area (Å²) in [5.41, 5.74) is -0.604. The molecule has 2 amide bonds. The summed E-state index contributed by atoms with van der Waals surface area (Å²) in [6.45, 7) is 6.62. The number of hydrogen-bond acceptors (Lipinski definition) is 4. The van der Waals surface area contributed by atoms with E-state index in [0.29, 0.717) is 19.8 Å². The van der Waals surface area contributed by atoms with Gasteiger partial charge >= 0.3 is 6.09 Å². The molecule has 0 radical (unpaired) electrons. The second kappa shape index (κ2) is 13.4. The van der Waals surface area contributed by atoms with Gasteiger partial charge in [0, 0.05) is 13.6 Å². The molecule has 6 nitrogen and oxygen atoms in total. The summed E-state index contributed by atoms with van der Waals surface area (Å²) in [7, 11) is -0.393. The average molecular weight is 522 g/mol. The summed E-state index contributed by atoms with van der Waals surface area (Å²) in [6.07, 6.45) is 0.322. The van der Waals surface area contributed by atoms with Crippen molar-refractivity contribution in [3.63, 3.8) is 0 Å². The normalized spacial score (nSPS) is 11.6. The molecule has 0 aliphatic heterocycles. The van der Waals surface area contributed by atoms with Crippen LogP contribution < -0.4 is 21.2 Å². The van der Waals surface area contributed by atoms with Gasteiger partial charge in [-0.15, -0.1) is 0 Å². The third-order valence-electron chi connectivity index (χ3n) is 5.82. The monoisotopic (exact) mass is 521 g/mol. The van der Waals surface area contributed by atoms with Crippen molar-refractivity contribution in [2.45, 2.75) is 26.4 Å². The van der Waals surface area contributed by atoms with Crippen LogP contribution in [0.15, 0.2) is 91.0 Å². The Morgan fingerprint density at radius 1 is 0.784 bits per heavy atom. The lowest BCUT2D eigenvalue weighted by atomic mass is 10.2. The second-order valence-electron chi connectivity index (χ2n) is 9.84. The first-order valence-electron chi connectivity index (χ1n) is 12.6. The minimum Gasteiger partial charge on any atom is -0.444 e. The van der Waals surface area contributed by atoms with Crippen LogP contribution >= 0.6 is 7.26 Å². The number of ether oxygens (including phenoxy) is 2. The molecule has 3 aromatic rings. The average Bonchev–Trinajstić information content (AvgIpc) is 2.89. The third-order valence-corrected chi connectivity index (χ3v) is 10.2. The van der Waals surface area contributed by atoms with Crippen LogP contribution in [0.1, 0.15) is 20.8 Å². The van der Waals surface area contributed by atoms with Crippen LogP contribution in [0.5, 0.6) is 0 Å². The molecule has 0 fully saturated rings. The van der Waals surface area contributed by atoms with Crippen molar-refractivity contribution in [3.8, 4) is 0 Å². The maximum atomic E-state index is 12.3. The van der Waals surface area contributed by atoms with E-state index in [4.69, 9.17) is 9.47 Å². The number of benzene rings is 3. The van der Waals surface area contributed by atoms with Crippen LogP contribution in [0.2, 0.25) is 0 Å². The Hall–Kier alpha value is -3.21. The van der Waals surface area contributed by atoms with Gasteiger partial charge in [0.1, 0.15) is 35.3 Å². The Bertz CT molecular complexity index is 1020. The minimum atomic E-state index is -1.94. The minimum absolute atomic E-state index is 0.0699. The van der Waals surface area contributed by atoms with Crippen LogP contribution in [-0.2, 0) is 14.3 Å². The first kappa shape index (κ1) is 28.4. The van der Waals surface area contributed by atoms with Crippen molar-refractivity contribution in [1.29, 1.82) is 0 Å². The fraction of sp³-hybridized carbons (Fsp3) is 0.333. The lowest BCUT2D eigenvalue weighted by Gasteiger charge is -2.27. The maximum absolute atomic E-state index is 12.3. The first-order valence-corrected chi connectivity index (χ1v) is 14.5. The predicted molar refractivity (Wildman–Crippen MR) is 153 cm³/mol. The molecule has 0 aliphatic rings. The fourth-order valence-electron chi connectivity index (χ4n) is 4.12. The topological polar surface area (TPSA) is 67.9 Å². The smallest absolute Gasteiger partial charge is 0.410 e. The first-order chi connectivity index (χ1) is 17.7. The zero-order chi connectivity index (χ0) is 26.7. The molecule has 0 bridgehead atoms. The summed E-state index contributed by atoms with van der Waals surface area (Å²) < 4.78 is 11.3. The lowest BCUT2D eigenvalue weighted by molar-refractivity contribution is -0.122. The molecule has 3 aromatic carbocycles. The molecule has 0 aromatic heterocycles. The molecule has 37 heavy (non-hydrogen) atoms. The van der Waals surface area contributed by atoms with Crippen LogP contribution in [0.4, 0.5) is 4.79 Å². The number of carbonyl (C=O) groups is 2. The van der Waals surface area contributed by atoms with Crippen molar-refractivity contribution in [2.75, 3.05) is 39.5 Å². The van der Waals surface area contributed by atoms with Gasteiger partial charge in [-0.2, -0.15) is 0 Å². The molecule has 7 heteroatoms. The van der Waals surface area contributed by atoms with E-state index in [-0.39, 0.29) is 12.5 Å². The Labute approximate surface area is 221 Å². The van der Waals surface area contributed by atoms with Gasteiger partial charge < -0.3 is 19.7 Å². The van der Waals surface area contributed by atoms with E-state index in [1.807, 2.05) is 18.2 Å². The van der Waals surface area contributed by atoms with Gasteiger partial charge in [-0.25, -0.2) is 4.79 Å². The van der Waals surface area contributed by atoms with E-state index in [2.05, 4.69) is 78.1 Å². The van der Waals surface area contributed by atoms with Crippen LogP contribution in [0.25, 0.3) is 0 Å². The number of rotatable bonds is 11. The molecule has 196 valence electrons. The molecule has 0 spiro atoms. The second-order valence-corrected chi connectivity index (χ2v) is 13.5. The van der Waals surface area contributed by atoms with Gasteiger partial charge in [0.25, 0.3) is 0 Å². The molecule has 0 heterocycles. The Balaban J connectivity index is 1.61. The van der Waals surface area contributed by atoms with E-state index in [0.717, 1.165) is 6.16 Å². The SMILES string of the molecule is CN(CC(=O)NCCOCC[P+](c1ccccc1)(c1ccccc1)c1ccccc1)C(=O)OC(C)(C)C. The number of carbonyl (C=O) groups excluding carboxylic acids is 2. The summed E-state index contributed by atoms with van der Waals surface area (Å²) >= 11 is 0. The van der Waals surface area contributed by atoms with E-state index in [1.54, 1.807) is 27.8 Å². The quantitative estimate of drug-likeness (QED) is 0.306. The largest absolute Gasteiger partial charge is 0.444 e. The van der Waals surface area contributed by atoms with E-state index >= 15 is 0 Å². The van der Waals surface area contributed by atoms with Gasteiger partial charge in [-0.1, -0.05) is 54.6 Å². The highest BCUT2D eigenvalue weighted by atomic mass is 31.2. The zero-order valence-corrected chi connectivity index (χ0v) is 23.1. The van der Waals surface area contributed by atoms with Crippen molar-refractivity contribution < 1.29 is 19.1 Å². The Kier molecular flexibility index (Phi) is 10.2. The molecule has 0 saturated heterocycles. The molecule has 1 N–H and O–H groups in total. The highest BCUT2D eigenvalue weighted by Crippen LogP contribution is 2.54. The van der Waals surface area contributed by atoms with E-state index < -0.39 is 19.0 Å². The van der Waals surface area contributed by atoms with Gasteiger partial charge in [-0.05, 0) is 57.2 Å². The number of nitrogens with one attached hydrogen (secondary N) is 1. The van der Waals surface area contributed by atoms with E-state index in [9.17, 15) is 9.59 Å². The summed E-state index contributed by atoms with van der Waals surface area (Å²) in [4.78, 5) is 25.6. The molecule has 0 saturated carbocycles. The molecule has 3 rings (SSSR count). The van der Waals surface area contributed by atoms with Crippen molar-refractivity contribution >= 4 is 35.2 Å². The van der Waals surface area contributed by atoms with Gasteiger partial charge in [0.2, 0.25) is 5.91 Å². The Morgan fingerprint density at radius 3 is 1.68 bits per heavy atom. The predicted octanol–water partition coefficient (Wildman–Crippen LogP) is 3.98. The molecular weight excluding hydrogens is 483 g/mol. The van der Waals surface area contributed by atoms with Crippen molar-refractivity contribution in [2.24, 2.45) is 0 Å². The highest BCUT2D eigenvalue weighted by Gasteiger charge is 2.44. The summed E-state index contributed by atoms with van der Waals surface area (Å²) in [5, 5.41) is 6.76. The maximum Gasteiger partial charge on any atom is 0.410 e. The highest BCUT2D eigenvalue weighted by molar-refractivity contribution is 7.95. The van der Waals surface area contributed by atoms with Crippen molar-refractivity contribution in [1.82, 2.24) is 10.2 Å². The standard InChI is InChI=1S/C30H37N2O4P/c1-30(2,3)36-29(34)32(4)24-28(33)31-20-21-35-22-23-37(25-14-8-5-9-15-25,26-16-10-6-11-17-26)27-18-12-7-13-19-27/h5-19H,20-24H2,1-4H3/p+1. The molecule has 0 aliphatic carbocycles. The van der Waals surface area contributed by atoms with Crippen molar-refractivity contribution in [3.05, 3.63) is 91.0 Å². The van der Waals surface area contributed by atoms with Gasteiger partial charge in [0.05, 0.1) is 19.4 Å². The number of nitrogens with zero attached hydrogens (tertiary/aromatic N) is 1. The zero-order valence-electron chi connectivity index (χ0n) is 22.2. The van der Waals surface area contributed by atoms with E-state index in [1.165, 1.54) is 20.8 Å². The van der Waals surface area contributed by atoms with Gasteiger partial charge in [-0.3, -0.25) is 4.79 Å². The fourth-order valence-corrected chi connectivity index (χ4v) is 8.24. The molecular formula is C30H38N2O4P+. The summed E-state index contributed by atoms with van der Waals surface area (Å²) in [6, 6.07) is 32.0. The van der Waals surface area contributed by atoms with Crippen LogP contribution in [0, 0.1) is 0 Å². The number of hydrogen-bond donors (Lipinski definition) is 1. The van der Waals surface area contributed by atoms with Crippen LogP contribution in [0.3, 0.4) is 0 Å². The summed E-state index contributed by atoms with van der Waals surface area (Å²) in [5.74, 6) is -0.253. The number of likely N-dealkylation sites (N-methyl/N-ethyl adjacent to an activating group) is 1. The third kappa shape index (κ3) is 8.14. The number of amides is 2. The van der Waals surface area contributed by atoms with Gasteiger partial charge in [0.15, 0.2) is 0 Å².